The first-order valence-corrected chi connectivity index (χ1v) is 4.21. The van der Waals surface area contributed by atoms with Crippen LogP contribution in [0.4, 0.5) is 0 Å². The van der Waals surface area contributed by atoms with E-state index in [0.29, 0.717) is 5.56 Å². The van der Waals surface area contributed by atoms with E-state index in [-0.39, 0.29) is 12.5 Å². The van der Waals surface area contributed by atoms with Crippen molar-refractivity contribution < 1.29 is 9.90 Å². The Balaban J connectivity index is 2.54. The van der Waals surface area contributed by atoms with E-state index in [4.69, 9.17) is 5.11 Å². The first-order valence-electron chi connectivity index (χ1n) is 4.21. The van der Waals surface area contributed by atoms with Gasteiger partial charge in [0.1, 0.15) is 0 Å². The van der Waals surface area contributed by atoms with Gasteiger partial charge in [0.05, 0.1) is 11.7 Å². The summed E-state index contributed by atoms with van der Waals surface area (Å²) in [7, 11) is 0. The quantitative estimate of drug-likeness (QED) is 0.634. The molecule has 0 aliphatic rings. The number of hydrogen-bond donors (Lipinski definition) is 3. The molecule has 0 bridgehead atoms. The molecular weight excluding hydrogens is 168 g/mol. The molecule has 0 saturated carbocycles. The predicted molar refractivity (Wildman–Crippen MR) is 49.5 cm³/mol. The molecule has 4 nitrogen and oxygen atoms in total. The average Bonchev–Trinajstić information content (AvgIpc) is 2.47. The van der Waals surface area contributed by atoms with E-state index in [1.807, 2.05) is 6.92 Å². The molecular formula is C9H14N2O2. The zero-order valence-corrected chi connectivity index (χ0v) is 7.79. The number of nitrogens with one attached hydrogen (secondary N) is 2. The van der Waals surface area contributed by atoms with Crippen molar-refractivity contribution in [2.24, 2.45) is 0 Å². The highest BCUT2D eigenvalue weighted by atomic mass is 16.3. The molecule has 0 radical (unpaired) electrons. The maximum atomic E-state index is 11.4. The van der Waals surface area contributed by atoms with E-state index in [2.05, 4.69) is 10.3 Å². The first-order chi connectivity index (χ1) is 6.11. The molecule has 0 aromatic carbocycles. The number of H-pyrrole nitrogens is 1. The molecule has 0 aliphatic carbocycles. The highest BCUT2D eigenvalue weighted by Gasteiger charge is 2.09. The van der Waals surface area contributed by atoms with Gasteiger partial charge in [0, 0.05) is 18.9 Å². The fourth-order valence-corrected chi connectivity index (χ4v) is 1.02. The summed E-state index contributed by atoms with van der Waals surface area (Å²) in [6.45, 7) is 3.77. The molecule has 0 aliphatic heterocycles. The lowest BCUT2D eigenvalue weighted by Gasteiger charge is -2.06. The van der Waals surface area contributed by atoms with Gasteiger partial charge < -0.3 is 15.4 Å². The summed E-state index contributed by atoms with van der Waals surface area (Å²) in [6.07, 6.45) is 2.90. The summed E-state index contributed by atoms with van der Waals surface area (Å²) in [5.74, 6) is -0.153. The first kappa shape index (κ1) is 9.80. The van der Waals surface area contributed by atoms with Gasteiger partial charge in [-0.15, -0.1) is 0 Å². The van der Waals surface area contributed by atoms with Crippen LogP contribution < -0.4 is 5.32 Å². The van der Waals surface area contributed by atoms with Crippen molar-refractivity contribution in [3.63, 3.8) is 0 Å². The van der Waals surface area contributed by atoms with E-state index in [1.54, 1.807) is 19.3 Å². The molecule has 1 amide bonds. The predicted octanol–water partition coefficient (Wildman–Crippen LogP) is 0.434. The monoisotopic (exact) mass is 182 g/mol. The van der Waals surface area contributed by atoms with Crippen LogP contribution in [-0.2, 0) is 0 Å². The van der Waals surface area contributed by atoms with E-state index >= 15 is 0 Å². The van der Waals surface area contributed by atoms with Crippen molar-refractivity contribution >= 4 is 5.91 Å². The second-order valence-electron chi connectivity index (χ2n) is 3.11. The number of aliphatic hydroxyl groups excluding tert-OH is 1. The third-order valence-corrected chi connectivity index (χ3v) is 1.76. The maximum Gasteiger partial charge on any atom is 0.253 e. The van der Waals surface area contributed by atoms with Crippen LogP contribution in [0.1, 0.15) is 22.8 Å². The third-order valence-electron chi connectivity index (χ3n) is 1.76. The van der Waals surface area contributed by atoms with Gasteiger partial charge in [0.15, 0.2) is 0 Å². The Hall–Kier alpha value is -1.29. The Labute approximate surface area is 77.0 Å². The summed E-state index contributed by atoms with van der Waals surface area (Å²) in [5, 5.41) is 11.6. The molecule has 1 aromatic heterocycles. The second kappa shape index (κ2) is 4.09. The molecule has 1 heterocycles. The summed E-state index contributed by atoms with van der Waals surface area (Å²) in [4.78, 5) is 14.2. The lowest BCUT2D eigenvalue weighted by atomic mass is 10.2. The van der Waals surface area contributed by atoms with Crippen LogP contribution in [0.5, 0.6) is 0 Å². The highest BCUT2D eigenvalue weighted by Crippen LogP contribution is 2.04. The average molecular weight is 182 g/mol. The van der Waals surface area contributed by atoms with Crippen molar-refractivity contribution in [3.05, 3.63) is 23.5 Å². The molecule has 4 heteroatoms. The smallest absolute Gasteiger partial charge is 0.253 e. The van der Waals surface area contributed by atoms with E-state index < -0.39 is 6.10 Å². The van der Waals surface area contributed by atoms with Crippen molar-refractivity contribution in [1.82, 2.24) is 10.3 Å². The Bertz CT molecular complexity index is 292. The number of aromatic amines is 1. The van der Waals surface area contributed by atoms with E-state index in [0.717, 1.165) is 5.56 Å². The van der Waals surface area contributed by atoms with Gasteiger partial charge in [-0.25, -0.2) is 0 Å². The molecule has 1 rings (SSSR count). The normalized spacial score (nSPS) is 12.5. The van der Waals surface area contributed by atoms with Gasteiger partial charge >= 0.3 is 0 Å². The summed E-state index contributed by atoms with van der Waals surface area (Å²) >= 11 is 0. The number of aliphatic hydroxyl groups is 1. The number of rotatable bonds is 3. The number of aromatic nitrogens is 1. The zero-order valence-electron chi connectivity index (χ0n) is 7.79. The molecule has 13 heavy (non-hydrogen) atoms. The highest BCUT2D eigenvalue weighted by molar-refractivity contribution is 5.95. The van der Waals surface area contributed by atoms with E-state index in [9.17, 15) is 4.79 Å². The van der Waals surface area contributed by atoms with Crippen LogP contribution in [-0.4, -0.2) is 28.6 Å². The van der Waals surface area contributed by atoms with Crippen LogP contribution >= 0.6 is 0 Å². The Morgan fingerprint density at radius 3 is 2.85 bits per heavy atom. The second-order valence-corrected chi connectivity index (χ2v) is 3.11. The van der Waals surface area contributed by atoms with Crippen LogP contribution in [0.25, 0.3) is 0 Å². The van der Waals surface area contributed by atoms with Gasteiger partial charge in [-0.3, -0.25) is 4.79 Å². The SMILES string of the molecule is Cc1c[nH]cc1C(=O)NCC(C)O. The summed E-state index contributed by atoms with van der Waals surface area (Å²) in [5.41, 5.74) is 1.53. The number of amides is 1. The van der Waals surface area contributed by atoms with Crippen LogP contribution in [0, 0.1) is 6.92 Å². The van der Waals surface area contributed by atoms with E-state index in [1.165, 1.54) is 0 Å². The fraction of sp³-hybridized carbons (Fsp3) is 0.444. The molecule has 0 fully saturated rings. The molecule has 0 saturated heterocycles. The van der Waals surface area contributed by atoms with Crippen molar-refractivity contribution in [2.75, 3.05) is 6.54 Å². The van der Waals surface area contributed by atoms with Crippen molar-refractivity contribution in [3.8, 4) is 0 Å². The van der Waals surface area contributed by atoms with Gasteiger partial charge in [-0.2, -0.15) is 0 Å². The van der Waals surface area contributed by atoms with Gasteiger partial charge in [0.2, 0.25) is 0 Å². The van der Waals surface area contributed by atoms with Crippen molar-refractivity contribution in [2.45, 2.75) is 20.0 Å². The minimum Gasteiger partial charge on any atom is -0.392 e. The zero-order chi connectivity index (χ0) is 9.84. The molecule has 72 valence electrons. The molecule has 1 atom stereocenters. The minimum absolute atomic E-state index is 0.153. The van der Waals surface area contributed by atoms with Gasteiger partial charge in [-0.05, 0) is 19.4 Å². The van der Waals surface area contributed by atoms with Gasteiger partial charge in [0.25, 0.3) is 5.91 Å². The topological polar surface area (TPSA) is 65.1 Å². The fourth-order valence-electron chi connectivity index (χ4n) is 1.02. The Morgan fingerprint density at radius 1 is 1.69 bits per heavy atom. The van der Waals surface area contributed by atoms with Crippen LogP contribution in [0.15, 0.2) is 12.4 Å². The third kappa shape index (κ3) is 2.59. The minimum atomic E-state index is -0.511. The Morgan fingerprint density at radius 2 is 2.38 bits per heavy atom. The van der Waals surface area contributed by atoms with Crippen molar-refractivity contribution in [1.29, 1.82) is 0 Å². The summed E-state index contributed by atoms with van der Waals surface area (Å²) in [6, 6.07) is 0. The maximum absolute atomic E-state index is 11.4. The standard InChI is InChI=1S/C9H14N2O2/c1-6-3-10-5-8(6)9(13)11-4-7(2)12/h3,5,7,10,12H,4H2,1-2H3,(H,11,13). The lowest BCUT2D eigenvalue weighted by molar-refractivity contribution is 0.0923. The number of hydrogen-bond acceptors (Lipinski definition) is 2. The number of carbonyl (C=O) groups is 1. The largest absolute Gasteiger partial charge is 0.392 e. The van der Waals surface area contributed by atoms with Crippen LogP contribution in [0.3, 0.4) is 0 Å². The van der Waals surface area contributed by atoms with Crippen LogP contribution in [0.2, 0.25) is 0 Å². The molecule has 3 N–H and O–H groups in total. The molecule has 1 unspecified atom stereocenters. The Kier molecular flexibility index (Phi) is 3.08. The lowest BCUT2D eigenvalue weighted by Crippen LogP contribution is -2.30. The van der Waals surface area contributed by atoms with Gasteiger partial charge in [-0.1, -0.05) is 0 Å². The molecule has 0 spiro atoms. The molecule has 1 aromatic rings. The number of aryl methyl sites for hydroxylation is 1. The number of carbonyl (C=O) groups excluding carboxylic acids is 1. The summed E-state index contributed by atoms with van der Waals surface area (Å²) < 4.78 is 0.